The highest BCUT2D eigenvalue weighted by atomic mass is 15.1. The molecule has 0 aromatic heterocycles. The van der Waals surface area contributed by atoms with Crippen LogP contribution < -0.4 is 0 Å². The quantitative estimate of drug-likeness (QED) is 0.430. The first-order chi connectivity index (χ1) is 12.9. The van der Waals surface area contributed by atoms with E-state index in [0.717, 1.165) is 64.1 Å². The van der Waals surface area contributed by atoms with E-state index in [2.05, 4.69) is 62.3 Å². The summed E-state index contributed by atoms with van der Waals surface area (Å²) in [7, 11) is 0. The molecule has 0 N–H and O–H groups in total. The summed E-state index contributed by atoms with van der Waals surface area (Å²) in [6.45, 7) is 24.7. The molecule has 15 atom stereocenters. The average molecular weight is 379 g/mol. The number of hydrogen-bond donors (Lipinski definition) is 0. The van der Waals surface area contributed by atoms with Crippen LogP contribution in [0.1, 0.15) is 81.6 Å². The van der Waals surface area contributed by atoms with Gasteiger partial charge in [0.15, 0.2) is 0 Å². The molecule has 8 rings (SSSR count). The fourth-order valence-corrected chi connectivity index (χ4v) is 16.0. The summed E-state index contributed by atoms with van der Waals surface area (Å²) in [6, 6.07) is 0. The first kappa shape index (κ1) is 16.7. The predicted octanol–water partition coefficient (Wildman–Crippen LogP) is 6.90. The van der Waals surface area contributed by atoms with Gasteiger partial charge in [-0.15, -0.1) is 0 Å². The second kappa shape index (κ2) is 3.52. The Bertz CT molecular complexity index is 864. The highest BCUT2D eigenvalue weighted by Gasteiger charge is 3.07. The Morgan fingerprint density at radius 2 is 1.39 bits per heavy atom. The molecule has 1 spiro atoms. The summed E-state index contributed by atoms with van der Waals surface area (Å²) in [4.78, 5) is 0. The number of fused-ring (bicyclic) bond motifs is 4. The Morgan fingerprint density at radius 3 is 1.96 bits per heavy atom. The minimum Gasteiger partial charge on any atom is -0.0619 e. The van der Waals surface area contributed by atoms with Crippen molar-refractivity contribution in [1.29, 1.82) is 0 Å². The fourth-order valence-electron chi connectivity index (χ4n) is 16.0. The molecular formula is C28H42. The van der Waals surface area contributed by atoms with Crippen molar-refractivity contribution in [1.82, 2.24) is 0 Å². The van der Waals surface area contributed by atoms with Crippen LogP contribution >= 0.6 is 0 Å². The molecule has 8 saturated carbocycles. The third-order valence-corrected chi connectivity index (χ3v) is 17.3. The van der Waals surface area contributed by atoms with Crippen molar-refractivity contribution in [2.45, 2.75) is 81.6 Å². The zero-order chi connectivity index (χ0) is 19.8. The summed E-state index contributed by atoms with van der Waals surface area (Å²) in [5.41, 5.74) is 4.38. The normalized spacial score (nSPS) is 82.8. The average Bonchev–Trinajstić information content (AvgIpc) is 2.61. The Labute approximate surface area is 173 Å². The second-order valence-corrected chi connectivity index (χ2v) is 15.0. The number of hydrogen-bond acceptors (Lipinski definition) is 0. The molecular weight excluding hydrogens is 336 g/mol. The van der Waals surface area contributed by atoms with Crippen LogP contribution in [0.25, 0.3) is 0 Å². The van der Waals surface area contributed by atoms with Crippen molar-refractivity contribution in [3.05, 3.63) is 0 Å². The van der Waals surface area contributed by atoms with E-state index in [4.69, 9.17) is 0 Å². The van der Waals surface area contributed by atoms with Gasteiger partial charge in [-0.05, 0) is 110 Å². The van der Waals surface area contributed by atoms with Gasteiger partial charge in [0.25, 0.3) is 0 Å². The zero-order valence-electron chi connectivity index (χ0n) is 19.8. The first-order valence-corrected chi connectivity index (χ1v) is 12.9. The molecule has 0 heterocycles. The van der Waals surface area contributed by atoms with Crippen molar-refractivity contribution in [3.63, 3.8) is 0 Å². The first-order valence-electron chi connectivity index (χ1n) is 12.9. The number of rotatable bonds is 0. The van der Waals surface area contributed by atoms with Crippen molar-refractivity contribution < 1.29 is 0 Å². The SMILES string of the molecule is CC1C2C3CC(C13)C13CCC14C1C5C(C)(C2C)C(C)(C)C5(C)C1(C)C4(C)C3C. The van der Waals surface area contributed by atoms with Crippen LogP contribution in [0.3, 0.4) is 0 Å². The maximum Gasteiger partial charge on any atom is -0.0136 e. The fraction of sp³-hybridized carbons (Fsp3) is 1.00. The van der Waals surface area contributed by atoms with E-state index < -0.39 is 0 Å². The minimum atomic E-state index is 0.481. The molecule has 8 aliphatic rings. The Morgan fingerprint density at radius 1 is 0.714 bits per heavy atom. The molecule has 2 bridgehead atoms. The molecule has 0 nitrogen and oxygen atoms in total. The van der Waals surface area contributed by atoms with E-state index in [-0.39, 0.29) is 0 Å². The van der Waals surface area contributed by atoms with E-state index in [1.54, 1.807) is 19.3 Å². The lowest BCUT2D eigenvalue weighted by molar-refractivity contribution is -0.637. The smallest absolute Gasteiger partial charge is 0.0136 e. The Kier molecular flexibility index (Phi) is 2.10. The van der Waals surface area contributed by atoms with Crippen LogP contribution in [0.5, 0.6) is 0 Å². The third-order valence-electron chi connectivity index (χ3n) is 17.3. The maximum atomic E-state index is 2.80. The molecule has 0 aromatic rings. The lowest BCUT2D eigenvalue weighted by atomic mass is 8.93. The predicted molar refractivity (Wildman–Crippen MR) is 113 cm³/mol. The van der Waals surface area contributed by atoms with Gasteiger partial charge < -0.3 is 0 Å². The molecule has 8 aliphatic carbocycles. The van der Waals surface area contributed by atoms with Crippen molar-refractivity contribution in [3.8, 4) is 0 Å². The van der Waals surface area contributed by atoms with Gasteiger partial charge in [0.05, 0.1) is 0 Å². The molecule has 0 saturated heterocycles. The van der Waals surface area contributed by atoms with E-state index in [0.29, 0.717) is 27.1 Å². The van der Waals surface area contributed by atoms with E-state index in [1.165, 1.54) is 0 Å². The minimum absolute atomic E-state index is 0.481. The highest BCUT2D eigenvalue weighted by Crippen LogP contribution is 3.11. The monoisotopic (exact) mass is 378 g/mol. The van der Waals surface area contributed by atoms with Gasteiger partial charge in [0.1, 0.15) is 0 Å². The summed E-state index contributed by atoms with van der Waals surface area (Å²) in [5, 5.41) is 0. The molecule has 154 valence electrons. The topological polar surface area (TPSA) is 0 Å². The molecule has 0 aliphatic heterocycles. The molecule has 0 amide bonds. The zero-order valence-corrected chi connectivity index (χ0v) is 19.8. The molecule has 0 radical (unpaired) electrons. The molecule has 28 heavy (non-hydrogen) atoms. The second-order valence-electron chi connectivity index (χ2n) is 15.0. The summed E-state index contributed by atoms with van der Waals surface area (Å²) in [6.07, 6.45) is 4.81. The summed E-state index contributed by atoms with van der Waals surface area (Å²) >= 11 is 0. The van der Waals surface area contributed by atoms with Crippen molar-refractivity contribution in [2.24, 2.45) is 91.2 Å². The third kappa shape index (κ3) is 0.817. The largest absolute Gasteiger partial charge is 0.0619 e. The van der Waals surface area contributed by atoms with Crippen LogP contribution in [0.2, 0.25) is 0 Å². The van der Waals surface area contributed by atoms with E-state index >= 15 is 0 Å². The molecule has 0 heteroatoms. The Balaban J connectivity index is 1.42. The van der Waals surface area contributed by atoms with Gasteiger partial charge in [0.2, 0.25) is 0 Å². The van der Waals surface area contributed by atoms with Gasteiger partial charge in [-0.2, -0.15) is 0 Å². The van der Waals surface area contributed by atoms with Gasteiger partial charge in [-0.1, -0.05) is 62.3 Å². The van der Waals surface area contributed by atoms with Gasteiger partial charge in [-0.3, -0.25) is 0 Å². The van der Waals surface area contributed by atoms with Crippen LogP contribution in [0.15, 0.2) is 0 Å². The van der Waals surface area contributed by atoms with Gasteiger partial charge in [0, 0.05) is 0 Å². The lowest BCUT2D eigenvalue weighted by Gasteiger charge is -3.10. The maximum absolute atomic E-state index is 2.80. The van der Waals surface area contributed by atoms with Crippen LogP contribution in [-0.2, 0) is 0 Å². The van der Waals surface area contributed by atoms with E-state index in [9.17, 15) is 0 Å². The van der Waals surface area contributed by atoms with Crippen molar-refractivity contribution >= 4 is 0 Å². The molecule has 8 fully saturated rings. The van der Waals surface area contributed by atoms with Gasteiger partial charge in [-0.25, -0.2) is 0 Å². The lowest BCUT2D eigenvalue weighted by Crippen LogP contribution is -3.06. The van der Waals surface area contributed by atoms with E-state index in [1.807, 2.05) is 0 Å². The van der Waals surface area contributed by atoms with Crippen LogP contribution in [-0.4, -0.2) is 0 Å². The van der Waals surface area contributed by atoms with Crippen LogP contribution in [0, 0.1) is 91.2 Å². The van der Waals surface area contributed by atoms with Crippen LogP contribution in [0.4, 0.5) is 0 Å². The highest BCUT2D eigenvalue weighted by molar-refractivity contribution is 5.54. The standard InChI is InChI=1S/C28H42/c1-13-18-14(2)23(6)20-21-26(9,25(20,8)22(23,4)5)24(7)15(3)27(10-11-28(21,24)27)17-12-16(18)19(13)17/h13-21H,10-12H2,1-9H3. The summed E-state index contributed by atoms with van der Waals surface area (Å²) in [5.74, 6) is 9.34. The molecule has 15 unspecified atom stereocenters. The molecule has 0 aromatic carbocycles. The Hall–Kier alpha value is 0. The van der Waals surface area contributed by atoms with Gasteiger partial charge >= 0.3 is 0 Å². The summed E-state index contributed by atoms with van der Waals surface area (Å²) < 4.78 is 0. The van der Waals surface area contributed by atoms with Crippen molar-refractivity contribution in [2.75, 3.05) is 0 Å².